The van der Waals surface area contributed by atoms with Gasteiger partial charge in [0, 0.05) is 0 Å². The van der Waals surface area contributed by atoms with Crippen LogP contribution in [-0.2, 0) is 41.5 Å². The fourth-order valence-electron chi connectivity index (χ4n) is 4.06. The van der Waals surface area contributed by atoms with Gasteiger partial charge < -0.3 is 0 Å². The normalized spacial score (nSPS) is 11.5. The van der Waals surface area contributed by atoms with Crippen molar-refractivity contribution >= 4 is 52.2 Å². The summed E-state index contributed by atoms with van der Waals surface area (Å²) in [6.45, 7) is 13.6. The van der Waals surface area contributed by atoms with Gasteiger partial charge in [0.05, 0.1) is 0 Å². The monoisotopic (exact) mass is 740 g/mol. The van der Waals surface area contributed by atoms with E-state index in [9.17, 15) is 0 Å². The van der Waals surface area contributed by atoms with E-state index in [2.05, 4.69) is 106 Å². The molecule has 0 aromatic heterocycles. The van der Waals surface area contributed by atoms with E-state index in [1.165, 1.54) is 57.6 Å². The fourth-order valence-corrected chi connectivity index (χ4v) is 4.31. The van der Waals surface area contributed by atoms with Gasteiger partial charge in [0.25, 0.3) is 0 Å². The van der Waals surface area contributed by atoms with Gasteiger partial charge in [-0.2, -0.15) is 96.1 Å². The van der Waals surface area contributed by atoms with Crippen molar-refractivity contribution < 1.29 is 24.2 Å². The van der Waals surface area contributed by atoms with Crippen LogP contribution in [0.3, 0.4) is 0 Å². The molecule has 5 heteroatoms. The summed E-state index contributed by atoms with van der Waals surface area (Å²) < 4.78 is 3.34. The van der Waals surface area contributed by atoms with Crippen molar-refractivity contribution in [1.82, 2.24) is 0 Å². The van der Waals surface area contributed by atoms with Crippen molar-refractivity contribution in [3.8, 4) is 11.1 Å². The third-order valence-electron chi connectivity index (χ3n) is 6.47. The topological polar surface area (TPSA) is 0 Å². The van der Waals surface area contributed by atoms with Crippen LogP contribution in [0, 0.1) is 24.3 Å². The number of benzene rings is 4. The molecule has 0 spiro atoms. The second kappa shape index (κ2) is 21.1. The van der Waals surface area contributed by atoms with Crippen LogP contribution in [0.15, 0.2) is 97.1 Å². The first-order valence-corrected chi connectivity index (χ1v) is 16.4. The zero-order valence-corrected chi connectivity index (χ0v) is 32.0. The molecule has 0 saturated carbocycles. The fraction of sp³-hybridized carbons (Fsp3) is 0.256. The third kappa shape index (κ3) is 14.6. The predicted molar refractivity (Wildman–Crippen MR) is 195 cm³/mol. The van der Waals surface area contributed by atoms with Crippen LogP contribution in [0.2, 0.25) is 10.0 Å². The Morgan fingerprint density at radius 2 is 1.20 bits per heavy atom. The van der Waals surface area contributed by atoms with E-state index in [4.69, 9.17) is 23.2 Å². The molecule has 234 valence electrons. The Labute approximate surface area is 304 Å². The molecule has 2 aliphatic rings. The molecule has 44 heavy (non-hydrogen) atoms. The van der Waals surface area contributed by atoms with Crippen LogP contribution in [0.5, 0.6) is 0 Å². The number of fused-ring (bicyclic) bond motifs is 3. The summed E-state index contributed by atoms with van der Waals surface area (Å²) in [5.74, 6) is 0. The molecule has 4 aromatic rings. The second-order valence-electron chi connectivity index (χ2n) is 11.8. The molecule has 0 nitrogen and oxygen atoms in total. The molecule has 0 saturated heterocycles. The Bertz CT molecular complexity index is 1320. The maximum absolute atomic E-state index is 5.52. The standard InChI is InChI=1S/C21H25.2C6H4Cl.C5H5.CH2.2ClH.Zr/c1-20(2,3)16-9-7-14-11-15-8-10-17(21(4,5)6)13-19(15)18(14)12-16;2*7-6-4-2-1-3-5-6;1-2-4-5-3-1;;;;/h7,9-10,12-13H,11H2,1-6H3;2*2-5H;1-3H,4H2;1H2;2*1H;/q4*-1;;;;. The van der Waals surface area contributed by atoms with E-state index in [1.54, 1.807) is 48.5 Å². The van der Waals surface area contributed by atoms with Crippen molar-refractivity contribution in [3.63, 3.8) is 0 Å². The SMILES string of the molecule is CC(C)(C)c1c[c-]c2c(c1)-c1cc(C(C)(C)C)ccc1C2.Cl.Cl.Clc1cc[c-]cc1.Clc1cc[c-]cc1.[C-]1=CC=CC1.[CH2]=[Zr]. The molecular formula is C39H42Cl4Zr-4. The summed E-state index contributed by atoms with van der Waals surface area (Å²) in [5, 5.41) is 1.53. The van der Waals surface area contributed by atoms with Crippen LogP contribution in [-0.4, -0.2) is 4.21 Å². The number of hydrogen-bond acceptors (Lipinski definition) is 0. The first-order valence-electron chi connectivity index (χ1n) is 13.9. The van der Waals surface area contributed by atoms with Crippen molar-refractivity contribution in [1.29, 1.82) is 0 Å². The summed E-state index contributed by atoms with van der Waals surface area (Å²) in [6.07, 6.45) is 11.0. The molecule has 0 amide bonds. The summed E-state index contributed by atoms with van der Waals surface area (Å²) >= 11 is 12.3. The molecule has 6 rings (SSSR count). The zero-order chi connectivity index (χ0) is 31.2. The molecule has 0 fully saturated rings. The van der Waals surface area contributed by atoms with E-state index in [1.807, 2.05) is 12.2 Å². The summed E-state index contributed by atoms with van der Waals surface area (Å²) in [5.41, 5.74) is 8.76. The van der Waals surface area contributed by atoms with Gasteiger partial charge in [-0.15, -0.1) is 60.0 Å². The summed E-state index contributed by atoms with van der Waals surface area (Å²) in [7, 11) is 0. The Morgan fingerprint density at radius 3 is 1.57 bits per heavy atom. The summed E-state index contributed by atoms with van der Waals surface area (Å²) in [6, 6.07) is 35.1. The minimum absolute atomic E-state index is 0. The van der Waals surface area contributed by atoms with Gasteiger partial charge >= 0.3 is 28.4 Å². The molecule has 4 aromatic carbocycles. The number of rotatable bonds is 0. The first kappa shape index (κ1) is 42.3. The zero-order valence-electron chi connectivity index (χ0n) is 26.4. The molecule has 0 radical (unpaired) electrons. The number of hydrogen-bond donors (Lipinski definition) is 0. The van der Waals surface area contributed by atoms with E-state index in [0.717, 1.165) is 22.9 Å². The van der Waals surface area contributed by atoms with Gasteiger partial charge in [-0.3, -0.25) is 6.08 Å². The average molecular weight is 744 g/mol. The summed E-state index contributed by atoms with van der Waals surface area (Å²) in [4.78, 5) is 0. The Kier molecular flexibility index (Phi) is 20.3. The van der Waals surface area contributed by atoms with Crippen LogP contribution < -0.4 is 0 Å². The molecular weight excluding hydrogens is 701 g/mol. The van der Waals surface area contributed by atoms with Crippen LogP contribution in [0.1, 0.15) is 70.2 Å². The van der Waals surface area contributed by atoms with Gasteiger partial charge in [-0.25, -0.2) is 12.2 Å². The molecule has 2 aliphatic carbocycles. The van der Waals surface area contributed by atoms with Gasteiger partial charge in [-0.05, 0) is 17.4 Å². The van der Waals surface area contributed by atoms with Crippen LogP contribution in [0.25, 0.3) is 11.1 Å². The van der Waals surface area contributed by atoms with Crippen molar-refractivity contribution in [2.45, 2.75) is 65.2 Å². The average Bonchev–Trinajstić information content (AvgIpc) is 3.66. The maximum atomic E-state index is 5.52. The van der Waals surface area contributed by atoms with E-state index >= 15 is 0 Å². The van der Waals surface area contributed by atoms with E-state index in [0.29, 0.717) is 0 Å². The molecule has 0 bridgehead atoms. The predicted octanol–water partition coefficient (Wildman–Crippen LogP) is 12.0. The molecule has 0 aliphatic heterocycles. The van der Waals surface area contributed by atoms with Crippen molar-refractivity contribution in [3.05, 3.63) is 154 Å². The quantitative estimate of drug-likeness (QED) is 0.139. The van der Waals surface area contributed by atoms with E-state index in [-0.39, 0.29) is 35.6 Å². The number of allylic oxidation sites excluding steroid dienone is 4. The Balaban J connectivity index is 0.000000658. The Morgan fingerprint density at radius 1 is 0.705 bits per heavy atom. The Hall–Kier alpha value is -1.73. The second-order valence-corrected chi connectivity index (χ2v) is 12.6. The molecule has 0 heterocycles. The van der Waals surface area contributed by atoms with Crippen molar-refractivity contribution in [2.24, 2.45) is 0 Å². The minimum atomic E-state index is 0. The number of halogens is 4. The third-order valence-corrected chi connectivity index (χ3v) is 6.97. The van der Waals surface area contributed by atoms with Gasteiger partial charge in [0.15, 0.2) is 0 Å². The first-order chi connectivity index (χ1) is 19.9. The van der Waals surface area contributed by atoms with Gasteiger partial charge in [0.2, 0.25) is 0 Å². The van der Waals surface area contributed by atoms with E-state index < -0.39 is 0 Å². The van der Waals surface area contributed by atoms with Gasteiger partial charge in [0.1, 0.15) is 0 Å². The van der Waals surface area contributed by atoms with Crippen molar-refractivity contribution in [2.75, 3.05) is 0 Å². The molecule has 0 atom stereocenters. The molecule has 0 unspecified atom stereocenters. The van der Waals surface area contributed by atoms with Crippen LogP contribution >= 0.6 is 48.0 Å². The molecule has 0 N–H and O–H groups in total. The van der Waals surface area contributed by atoms with Gasteiger partial charge in [-0.1, -0.05) is 86.3 Å². The van der Waals surface area contributed by atoms with Crippen LogP contribution in [0.4, 0.5) is 0 Å².